The number of rotatable bonds is 3. The Bertz CT molecular complexity index is 864. The second-order valence-corrected chi connectivity index (χ2v) is 5.77. The lowest BCUT2D eigenvalue weighted by Crippen LogP contribution is -2.40. The van der Waals surface area contributed by atoms with Crippen molar-refractivity contribution in [3.05, 3.63) is 76.5 Å². The van der Waals surface area contributed by atoms with Gasteiger partial charge in [-0.3, -0.25) is 20.4 Å². The molecule has 3 rings (SSSR count). The van der Waals surface area contributed by atoms with Gasteiger partial charge in [0.15, 0.2) is 0 Å². The number of amides is 2. The van der Waals surface area contributed by atoms with E-state index >= 15 is 0 Å². The van der Waals surface area contributed by atoms with E-state index < -0.39 is 0 Å². The summed E-state index contributed by atoms with van der Waals surface area (Å²) in [6.07, 6.45) is 3.13. The Hall–Kier alpha value is -2.92. The number of fused-ring (bicyclic) bond motifs is 1. The van der Waals surface area contributed by atoms with Crippen molar-refractivity contribution in [1.29, 1.82) is 0 Å². The molecule has 1 heterocycles. The average molecular weight is 322 g/mol. The molecule has 0 aliphatic rings. The summed E-state index contributed by atoms with van der Waals surface area (Å²) in [6.45, 7) is 0. The molecule has 2 amide bonds. The zero-order valence-electron chi connectivity index (χ0n) is 12.2. The zero-order valence-corrected chi connectivity index (χ0v) is 13.0. The lowest BCUT2D eigenvalue weighted by atomic mass is 10.0. The van der Waals surface area contributed by atoms with Gasteiger partial charge in [0.2, 0.25) is 0 Å². The smallest absolute Gasteiger partial charge is 0.268 e. The third-order valence-electron chi connectivity index (χ3n) is 3.28. The van der Waals surface area contributed by atoms with Gasteiger partial charge < -0.3 is 0 Å². The highest BCUT2D eigenvalue weighted by Gasteiger charge is 2.06. The topological polar surface area (TPSA) is 58.2 Å². The lowest BCUT2D eigenvalue weighted by molar-refractivity contribution is -0.117. The first kappa shape index (κ1) is 15.0. The standard InChI is InChI=1S/C18H14N2O2S/c21-17(19-20-18(22)16-9-4-12-23-16)11-10-14-7-3-6-13-5-1-2-8-15(13)14/h1-12H,(H,19,21)(H,20,22)/b11-10-. The Morgan fingerprint density at radius 1 is 0.913 bits per heavy atom. The number of hydrogen-bond donors (Lipinski definition) is 2. The number of carbonyl (C=O) groups excluding carboxylic acids is 2. The molecule has 23 heavy (non-hydrogen) atoms. The summed E-state index contributed by atoms with van der Waals surface area (Å²) in [5.74, 6) is -0.713. The molecule has 2 aromatic carbocycles. The van der Waals surface area contributed by atoms with Gasteiger partial charge in [-0.1, -0.05) is 48.5 Å². The van der Waals surface area contributed by atoms with E-state index in [4.69, 9.17) is 0 Å². The fraction of sp³-hybridized carbons (Fsp3) is 0. The quantitative estimate of drug-likeness (QED) is 0.574. The van der Waals surface area contributed by atoms with Crippen molar-refractivity contribution in [1.82, 2.24) is 10.9 Å². The molecule has 0 radical (unpaired) electrons. The van der Waals surface area contributed by atoms with Crippen molar-refractivity contribution < 1.29 is 9.59 Å². The Morgan fingerprint density at radius 3 is 2.57 bits per heavy atom. The molecule has 0 fully saturated rings. The summed E-state index contributed by atoms with van der Waals surface area (Å²) in [6, 6.07) is 17.3. The van der Waals surface area contributed by atoms with E-state index in [1.165, 1.54) is 17.4 Å². The van der Waals surface area contributed by atoms with Crippen molar-refractivity contribution in [3.8, 4) is 0 Å². The van der Waals surface area contributed by atoms with Crippen molar-refractivity contribution >= 4 is 40.0 Å². The zero-order chi connectivity index (χ0) is 16.1. The first-order chi connectivity index (χ1) is 11.2. The Balaban J connectivity index is 1.65. The van der Waals surface area contributed by atoms with Gasteiger partial charge in [-0.2, -0.15) is 0 Å². The van der Waals surface area contributed by atoms with Crippen LogP contribution in [0.15, 0.2) is 66.1 Å². The van der Waals surface area contributed by atoms with Crippen LogP contribution in [0.5, 0.6) is 0 Å². The lowest BCUT2D eigenvalue weighted by Gasteiger charge is -2.04. The minimum atomic E-state index is -0.386. The highest BCUT2D eigenvalue weighted by atomic mass is 32.1. The highest BCUT2D eigenvalue weighted by Crippen LogP contribution is 2.19. The van der Waals surface area contributed by atoms with Gasteiger partial charge in [-0.05, 0) is 33.9 Å². The second kappa shape index (κ2) is 6.89. The number of carbonyl (C=O) groups is 2. The van der Waals surface area contributed by atoms with Crippen LogP contribution in [0, 0.1) is 0 Å². The molecule has 0 saturated heterocycles. The van der Waals surface area contributed by atoms with Crippen LogP contribution in [-0.4, -0.2) is 11.8 Å². The molecular formula is C18H14N2O2S. The largest absolute Gasteiger partial charge is 0.279 e. The van der Waals surface area contributed by atoms with Crippen molar-refractivity contribution in [3.63, 3.8) is 0 Å². The van der Waals surface area contributed by atoms with Gasteiger partial charge in [-0.15, -0.1) is 11.3 Å². The average Bonchev–Trinajstić information content (AvgIpc) is 3.12. The van der Waals surface area contributed by atoms with Gasteiger partial charge in [0.1, 0.15) is 0 Å². The molecule has 0 spiro atoms. The summed E-state index contributed by atoms with van der Waals surface area (Å²) in [5, 5.41) is 3.99. The van der Waals surface area contributed by atoms with Gasteiger partial charge in [0.05, 0.1) is 4.88 Å². The summed E-state index contributed by atoms with van der Waals surface area (Å²) >= 11 is 1.31. The predicted molar refractivity (Wildman–Crippen MR) is 92.9 cm³/mol. The number of nitrogens with one attached hydrogen (secondary N) is 2. The normalized spacial score (nSPS) is 10.8. The van der Waals surface area contributed by atoms with Crippen LogP contribution in [0.4, 0.5) is 0 Å². The van der Waals surface area contributed by atoms with E-state index in [-0.39, 0.29) is 11.8 Å². The molecule has 1 aromatic heterocycles. The minimum absolute atomic E-state index is 0.327. The summed E-state index contributed by atoms with van der Waals surface area (Å²) < 4.78 is 0. The Morgan fingerprint density at radius 2 is 1.74 bits per heavy atom. The Kier molecular flexibility index (Phi) is 4.49. The van der Waals surface area contributed by atoms with E-state index in [1.54, 1.807) is 23.6 Å². The van der Waals surface area contributed by atoms with Crippen LogP contribution < -0.4 is 10.9 Å². The first-order valence-corrected chi connectivity index (χ1v) is 7.92. The molecule has 0 unspecified atom stereocenters. The van der Waals surface area contributed by atoms with Crippen molar-refractivity contribution in [2.75, 3.05) is 0 Å². The molecule has 0 aliphatic heterocycles. The van der Waals surface area contributed by atoms with E-state index in [0.29, 0.717) is 4.88 Å². The van der Waals surface area contributed by atoms with Gasteiger partial charge in [0, 0.05) is 6.08 Å². The van der Waals surface area contributed by atoms with Crippen molar-refractivity contribution in [2.24, 2.45) is 0 Å². The molecule has 0 atom stereocenters. The third-order valence-corrected chi connectivity index (χ3v) is 4.15. The van der Waals surface area contributed by atoms with Crippen LogP contribution in [0.3, 0.4) is 0 Å². The number of hydrazine groups is 1. The molecule has 0 bridgehead atoms. The Labute approximate surface area is 137 Å². The molecule has 0 saturated carbocycles. The van der Waals surface area contributed by atoms with Crippen LogP contribution in [0.25, 0.3) is 16.8 Å². The van der Waals surface area contributed by atoms with E-state index in [9.17, 15) is 9.59 Å². The van der Waals surface area contributed by atoms with Crippen molar-refractivity contribution in [2.45, 2.75) is 0 Å². The summed E-state index contributed by atoms with van der Waals surface area (Å²) in [5.41, 5.74) is 5.70. The number of benzene rings is 2. The first-order valence-electron chi connectivity index (χ1n) is 7.04. The third kappa shape index (κ3) is 3.64. The fourth-order valence-electron chi connectivity index (χ4n) is 2.19. The van der Waals surface area contributed by atoms with Crippen LogP contribution in [0.1, 0.15) is 15.2 Å². The van der Waals surface area contributed by atoms with E-state index in [1.807, 2.05) is 42.5 Å². The van der Waals surface area contributed by atoms with Gasteiger partial charge in [-0.25, -0.2) is 0 Å². The SMILES string of the molecule is O=C(/C=C\c1cccc2ccccc12)NNC(=O)c1cccs1. The molecule has 0 aliphatic carbocycles. The van der Waals surface area contributed by atoms with Gasteiger partial charge in [0.25, 0.3) is 11.8 Å². The molecular weight excluding hydrogens is 308 g/mol. The minimum Gasteiger partial charge on any atom is -0.268 e. The second-order valence-electron chi connectivity index (χ2n) is 4.82. The van der Waals surface area contributed by atoms with Crippen LogP contribution in [-0.2, 0) is 4.79 Å². The maximum Gasteiger partial charge on any atom is 0.279 e. The predicted octanol–water partition coefficient (Wildman–Crippen LogP) is 3.38. The molecule has 3 aromatic rings. The molecule has 2 N–H and O–H groups in total. The summed E-state index contributed by atoms with van der Waals surface area (Å²) in [7, 11) is 0. The molecule has 4 nitrogen and oxygen atoms in total. The van der Waals surface area contributed by atoms with Crippen LogP contribution in [0.2, 0.25) is 0 Å². The number of thiophene rings is 1. The monoisotopic (exact) mass is 322 g/mol. The van der Waals surface area contributed by atoms with Gasteiger partial charge >= 0.3 is 0 Å². The highest BCUT2D eigenvalue weighted by molar-refractivity contribution is 7.12. The summed E-state index contributed by atoms with van der Waals surface area (Å²) in [4.78, 5) is 24.1. The van der Waals surface area contributed by atoms with E-state index in [2.05, 4.69) is 10.9 Å². The molecule has 114 valence electrons. The maximum absolute atomic E-state index is 11.8. The molecule has 5 heteroatoms. The fourth-order valence-corrected chi connectivity index (χ4v) is 2.81. The number of hydrogen-bond acceptors (Lipinski definition) is 3. The van der Waals surface area contributed by atoms with Crippen LogP contribution >= 0.6 is 11.3 Å². The van der Waals surface area contributed by atoms with E-state index in [0.717, 1.165) is 16.3 Å². The maximum atomic E-state index is 11.8.